The number of piperazine rings is 1. The highest BCUT2D eigenvalue weighted by Crippen LogP contribution is 2.19. The SMILES string of the molecule is CCc1cc(CNC(=NC)N2CCN(Cc3ccc(OC)c(F)c3)CC2)on1.I. The van der Waals surface area contributed by atoms with E-state index < -0.39 is 0 Å². The summed E-state index contributed by atoms with van der Waals surface area (Å²) in [6.45, 7) is 6.81. The molecule has 9 heteroatoms. The lowest BCUT2D eigenvalue weighted by Crippen LogP contribution is -2.52. The van der Waals surface area contributed by atoms with Crippen LogP contribution in [0.1, 0.15) is 23.9 Å². The zero-order valence-corrected chi connectivity index (χ0v) is 19.5. The second-order valence-corrected chi connectivity index (χ2v) is 6.77. The quantitative estimate of drug-likeness (QED) is 0.361. The number of nitrogens with zero attached hydrogens (tertiary/aromatic N) is 4. The van der Waals surface area contributed by atoms with Gasteiger partial charge in [-0.3, -0.25) is 9.89 Å². The van der Waals surface area contributed by atoms with E-state index in [0.29, 0.717) is 6.54 Å². The molecular formula is C20H29FIN5O2. The highest BCUT2D eigenvalue weighted by atomic mass is 127. The summed E-state index contributed by atoms with van der Waals surface area (Å²) < 4.78 is 24.2. The smallest absolute Gasteiger partial charge is 0.194 e. The topological polar surface area (TPSA) is 66.1 Å². The lowest BCUT2D eigenvalue weighted by atomic mass is 10.2. The summed E-state index contributed by atoms with van der Waals surface area (Å²) in [7, 11) is 3.26. The summed E-state index contributed by atoms with van der Waals surface area (Å²) in [4.78, 5) is 8.92. The first-order valence-electron chi connectivity index (χ1n) is 9.57. The van der Waals surface area contributed by atoms with Gasteiger partial charge in [-0.2, -0.15) is 0 Å². The number of aliphatic imine (C=N–C) groups is 1. The molecule has 0 atom stereocenters. The standard InChI is InChI=1S/C20H28FN5O2.HI/c1-4-16-12-17(28-24-16)13-23-20(22-2)26-9-7-25(8-10-26)14-15-5-6-19(27-3)18(21)11-15;/h5-6,11-12H,4,7-10,13-14H2,1-3H3,(H,22,23);1H. The summed E-state index contributed by atoms with van der Waals surface area (Å²) in [6, 6.07) is 7.11. The van der Waals surface area contributed by atoms with Crippen molar-refractivity contribution in [3.8, 4) is 5.75 Å². The van der Waals surface area contributed by atoms with Gasteiger partial charge >= 0.3 is 0 Å². The molecule has 0 amide bonds. The molecule has 1 fully saturated rings. The molecule has 1 aromatic carbocycles. The van der Waals surface area contributed by atoms with Gasteiger partial charge in [0.05, 0.1) is 19.3 Å². The second kappa shape index (κ2) is 11.3. The number of aryl methyl sites for hydroxylation is 1. The molecule has 1 aliphatic rings. The molecule has 0 spiro atoms. The van der Waals surface area contributed by atoms with Gasteiger partial charge in [-0.05, 0) is 24.1 Å². The third kappa shape index (κ3) is 6.30. The summed E-state index contributed by atoms with van der Waals surface area (Å²) in [5, 5.41) is 7.35. The fourth-order valence-corrected chi connectivity index (χ4v) is 3.29. The molecule has 0 bridgehead atoms. The van der Waals surface area contributed by atoms with Gasteiger partial charge in [0.2, 0.25) is 0 Å². The van der Waals surface area contributed by atoms with Crippen LogP contribution in [0.25, 0.3) is 0 Å². The van der Waals surface area contributed by atoms with E-state index >= 15 is 0 Å². The molecule has 0 radical (unpaired) electrons. The number of hydrogen-bond acceptors (Lipinski definition) is 5. The van der Waals surface area contributed by atoms with Gasteiger partial charge in [-0.25, -0.2) is 4.39 Å². The monoisotopic (exact) mass is 517 g/mol. The van der Waals surface area contributed by atoms with Crippen molar-refractivity contribution in [3.05, 3.63) is 47.1 Å². The zero-order valence-electron chi connectivity index (χ0n) is 17.2. The molecule has 1 aliphatic heterocycles. The lowest BCUT2D eigenvalue weighted by molar-refractivity contribution is 0.172. The Bertz CT molecular complexity index is 806. The van der Waals surface area contributed by atoms with Crippen LogP contribution in [0.4, 0.5) is 4.39 Å². The highest BCUT2D eigenvalue weighted by Gasteiger charge is 2.20. The number of aromatic nitrogens is 1. The highest BCUT2D eigenvalue weighted by molar-refractivity contribution is 14.0. The number of nitrogens with one attached hydrogen (secondary N) is 1. The van der Waals surface area contributed by atoms with E-state index in [1.54, 1.807) is 19.2 Å². The van der Waals surface area contributed by atoms with Crippen LogP contribution in [-0.2, 0) is 19.5 Å². The largest absolute Gasteiger partial charge is 0.494 e. The van der Waals surface area contributed by atoms with Gasteiger partial charge in [0, 0.05) is 45.8 Å². The fourth-order valence-electron chi connectivity index (χ4n) is 3.29. The number of methoxy groups -OCH3 is 1. The Hall–Kier alpha value is -1.88. The molecule has 1 saturated heterocycles. The molecule has 2 aromatic rings. The number of ether oxygens (including phenoxy) is 1. The van der Waals surface area contributed by atoms with E-state index in [2.05, 4.69) is 25.3 Å². The van der Waals surface area contributed by atoms with Crippen molar-refractivity contribution < 1.29 is 13.7 Å². The summed E-state index contributed by atoms with van der Waals surface area (Å²) >= 11 is 0. The molecule has 160 valence electrons. The van der Waals surface area contributed by atoms with E-state index in [9.17, 15) is 4.39 Å². The maximum Gasteiger partial charge on any atom is 0.194 e. The maximum atomic E-state index is 13.9. The van der Waals surface area contributed by atoms with Gasteiger partial charge in [-0.15, -0.1) is 24.0 Å². The molecular weight excluding hydrogens is 488 g/mol. The molecule has 3 rings (SSSR count). The van der Waals surface area contributed by atoms with Crippen molar-refractivity contribution >= 4 is 29.9 Å². The van der Waals surface area contributed by atoms with Crippen molar-refractivity contribution in [1.29, 1.82) is 0 Å². The Morgan fingerprint density at radius 3 is 2.62 bits per heavy atom. The lowest BCUT2D eigenvalue weighted by Gasteiger charge is -2.36. The van der Waals surface area contributed by atoms with Crippen LogP contribution in [0.2, 0.25) is 0 Å². The average molecular weight is 517 g/mol. The van der Waals surface area contributed by atoms with Crippen LogP contribution in [0.3, 0.4) is 0 Å². The van der Waals surface area contributed by atoms with Crippen LogP contribution in [0, 0.1) is 5.82 Å². The molecule has 7 nitrogen and oxygen atoms in total. The number of halogens is 2. The van der Waals surface area contributed by atoms with Gasteiger partial charge in [-0.1, -0.05) is 18.1 Å². The van der Waals surface area contributed by atoms with Crippen LogP contribution in [0.5, 0.6) is 5.75 Å². The third-order valence-electron chi connectivity index (χ3n) is 4.90. The predicted molar refractivity (Wildman–Crippen MR) is 121 cm³/mol. The van der Waals surface area contributed by atoms with Gasteiger partial charge < -0.3 is 19.5 Å². The van der Waals surface area contributed by atoms with Crippen molar-refractivity contribution in [2.45, 2.75) is 26.4 Å². The van der Waals surface area contributed by atoms with Gasteiger partial charge in [0.1, 0.15) is 0 Å². The van der Waals surface area contributed by atoms with Gasteiger partial charge in [0.25, 0.3) is 0 Å². The molecule has 0 saturated carbocycles. The summed E-state index contributed by atoms with van der Waals surface area (Å²) in [5.41, 5.74) is 1.90. The van der Waals surface area contributed by atoms with E-state index in [4.69, 9.17) is 9.26 Å². The minimum atomic E-state index is -0.318. The Kier molecular flexibility index (Phi) is 9.15. The Morgan fingerprint density at radius 2 is 2.03 bits per heavy atom. The van der Waals surface area contributed by atoms with Crippen molar-refractivity contribution in [2.24, 2.45) is 4.99 Å². The predicted octanol–water partition coefficient (Wildman–Crippen LogP) is 2.90. The van der Waals surface area contributed by atoms with Gasteiger partial charge in [0.15, 0.2) is 23.3 Å². The fraction of sp³-hybridized carbons (Fsp3) is 0.500. The van der Waals surface area contributed by atoms with Crippen LogP contribution >= 0.6 is 24.0 Å². The molecule has 1 N–H and O–H groups in total. The van der Waals surface area contributed by atoms with E-state index in [-0.39, 0.29) is 35.5 Å². The zero-order chi connectivity index (χ0) is 19.9. The van der Waals surface area contributed by atoms with E-state index in [1.165, 1.54) is 7.11 Å². The Balaban J connectivity index is 0.00000300. The van der Waals surface area contributed by atoms with Crippen LogP contribution in [-0.4, -0.2) is 61.3 Å². The number of rotatable bonds is 6. The minimum Gasteiger partial charge on any atom is -0.494 e. The number of hydrogen-bond donors (Lipinski definition) is 1. The number of guanidine groups is 1. The molecule has 29 heavy (non-hydrogen) atoms. The average Bonchev–Trinajstić information content (AvgIpc) is 3.18. The normalized spacial score (nSPS) is 15.2. The van der Waals surface area contributed by atoms with Crippen molar-refractivity contribution in [3.63, 3.8) is 0 Å². The summed E-state index contributed by atoms with van der Waals surface area (Å²) in [6.07, 6.45) is 0.859. The van der Waals surface area contributed by atoms with Crippen molar-refractivity contribution in [1.82, 2.24) is 20.3 Å². The Morgan fingerprint density at radius 1 is 1.28 bits per heavy atom. The molecule has 0 unspecified atom stereocenters. The summed E-state index contributed by atoms with van der Waals surface area (Å²) in [5.74, 6) is 1.62. The second-order valence-electron chi connectivity index (χ2n) is 6.77. The first-order valence-corrected chi connectivity index (χ1v) is 9.57. The van der Waals surface area contributed by atoms with Crippen LogP contribution in [0.15, 0.2) is 33.8 Å². The van der Waals surface area contributed by atoms with Crippen molar-refractivity contribution in [2.75, 3.05) is 40.3 Å². The van der Waals surface area contributed by atoms with E-state index in [0.717, 1.165) is 62.1 Å². The molecule has 1 aromatic heterocycles. The number of benzene rings is 1. The van der Waals surface area contributed by atoms with E-state index in [1.807, 2.05) is 19.1 Å². The molecule has 0 aliphatic carbocycles. The first kappa shape index (κ1) is 23.4. The molecule has 2 heterocycles. The maximum absolute atomic E-state index is 13.9. The Labute approximate surface area is 188 Å². The van der Waals surface area contributed by atoms with Crippen LogP contribution < -0.4 is 10.1 Å². The first-order chi connectivity index (χ1) is 13.6. The minimum absolute atomic E-state index is 0. The third-order valence-corrected chi connectivity index (χ3v) is 4.90.